The maximum atomic E-state index is 11.0. The lowest BCUT2D eigenvalue weighted by molar-refractivity contribution is 0.1000. The van der Waals surface area contributed by atoms with Crippen LogP contribution in [-0.4, -0.2) is 35.6 Å². The van der Waals surface area contributed by atoms with Crippen LogP contribution < -0.4 is 5.73 Å². The van der Waals surface area contributed by atoms with Crippen molar-refractivity contribution in [1.82, 2.24) is 4.90 Å². The van der Waals surface area contributed by atoms with E-state index in [0.717, 1.165) is 17.7 Å². The van der Waals surface area contributed by atoms with Gasteiger partial charge in [0.25, 0.3) is 0 Å². The molecule has 4 heteroatoms. The maximum absolute atomic E-state index is 11.0. The zero-order valence-electron chi connectivity index (χ0n) is 10.6. The lowest BCUT2D eigenvalue weighted by Crippen LogP contribution is -2.31. The van der Waals surface area contributed by atoms with Crippen LogP contribution in [0.25, 0.3) is 0 Å². The van der Waals surface area contributed by atoms with Gasteiger partial charge in [-0.15, -0.1) is 0 Å². The van der Waals surface area contributed by atoms with E-state index in [9.17, 15) is 4.79 Å². The molecule has 0 spiro atoms. The highest BCUT2D eigenvalue weighted by molar-refractivity contribution is 5.93. The van der Waals surface area contributed by atoms with E-state index >= 15 is 0 Å². The van der Waals surface area contributed by atoms with Crippen LogP contribution in [0.1, 0.15) is 28.4 Å². The Hall–Kier alpha value is -1.39. The van der Waals surface area contributed by atoms with Gasteiger partial charge >= 0.3 is 0 Å². The minimum atomic E-state index is -0.406. The standard InChI is InChI=1S/C13H20N2O2/c1-9-6-11(13(14)17)4-5-12(9)7-15(3)10(2)8-16/h4-6,10,16H,7-8H2,1-3H3,(H2,14,17). The second-order valence-corrected chi connectivity index (χ2v) is 4.45. The third-order valence-electron chi connectivity index (χ3n) is 3.06. The minimum Gasteiger partial charge on any atom is -0.395 e. The lowest BCUT2D eigenvalue weighted by Gasteiger charge is -2.23. The molecule has 3 N–H and O–H groups in total. The fraction of sp³-hybridized carbons (Fsp3) is 0.462. The van der Waals surface area contributed by atoms with Crippen molar-refractivity contribution in [3.63, 3.8) is 0 Å². The topological polar surface area (TPSA) is 66.6 Å². The molecule has 17 heavy (non-hydrogen) atoms. The van der Waals surface area contributed by atoms with Crippen LogP contribution >= 0.6 is 0 Å². The molecule has 0 heterocycles. The Labute approximate surface area is 102 Å². The first-order chi connectivity index (χ1) is 7.95. The first kappa shape index (κ1) is 13.7. The highest BCUT2D eigenvalue weighted by Crippen LogP contribution is 2.14. The third kappa shape index (κ3) is 3.54. The molecule has 0 fully saturated rings. The van der Waals surface area contributed by atoms with Crippen LogP contribution in [-0.2, 0) is 6.54 Å². The summed E-state index contributed by atoms with van der Waals surface area (Å²) in [6, 6.07) is 5.57. The number of primary amides is 1. The average molecular weight is 236 g/mol. The number of hydrogen-bond acceptors (Lipinski definition) is 3. The van der Waals surface area contributed by atoms with Gasteiger partial charge < -0.3 is 10.8 Å². The number of aliphatic hydroxyl groups excluding tert-OH is 1. The predicted octanol–water partition coefficient (Wildman–Crippen LogP) is 0.907. The van der Waals surface area contributed by atoms with Gasteiger partial charge in [0, 0.05) is 18.2 Å². The summed E-state index contributed by atoms with van der Waals surface area (Å²) in [6.07, 6.45) is 0. The minimum absolute atomic E-state index is 0.116. The van der Waals surface area contributed by atoms with E-state index in [1.807, 2.05) is 27.0 Å². The predicted molar refractivity (Wildman–Crippen MR) is 67.7 cm³/mol. The summed E-state index contributed by atoms with van der Waals surface area (Å²) in [7, 11) is 1.96. The number of nitrogens with two attached hydrogens (primary N) is 1. The fourth-order valence-electron chi connectivity index (χ4n) is 1.59. The van der Waals surface area contributed by atoms with E-state index in [0.29, 0.717) is 5.56 Å². The van der Waals surface area contributed by atoms with Crippen molar-refractivity contribution in [2.45, 2.75) is 26.4 Å². The van der Waals surface area contributed by atoms with Crippen molar-refractivity contribution < 1.29 is 9.90 Å². The summed E-state index contributed by atoms with van der Waals surface area (Å²) in [5.74, 6) is -0.406. The number of likely N-dealkylation sites (N-methyl/N-ethyl adjacent to an activating group) is 1. The zero-order chi connectivity index (χ0) is 13.0. The number of benzene rings is 1. The Morgan fingerprint density at radius 2 is 2.18 bits per heavy atom. The largest absolute Gasteiger partial charge is 0.395 e. The summed E-state index contributed by atoms with van der Waals surface area (Å²) in [5.41, 5.74) is 7.93. The molecule has 4 nitrogen and oxygen atoms in total. The van der Waals surface area contributed by atoms with Gasteiger partial charge in [0.2, 0.25) is 5.91 Å². The highest BCUT2D eigenvalue weighted by Gasteiger charge is 2.10. The molecule has 1 amide bonds. The van der Waals surface area contributed by atoms with Crippen molar-refractivity contribution in [3.05, 3.63) is 34.9 Å². The monoisotopic (exact) mass is 236 g/mol. The zero-order valence-corrected chi connectivity index (χ0v) is 10.6. The van der Waals surface area contributed by atoms with Crippen molar-refractivity contribution in [2.75, 3.05) is 13.7 Å². The van der Waals surface area contributed by atoms with E-state index in [-0.39, 0.29) is 12.6 Å². The van der Waals surface area contributed by atoms with Crippen LogP contribution in [0.15, 0.2) is 18.2 Å². The van der Waals surface area contributed by atoms with Gasteiger partial charge in [0.15, 0.2) is 0 Å². The molecule has 1 atom stereocenters. The van der Waals surface area contributed by atoms with Crippen molar-refractivity contribution >= 4 is 5.91 Å². The van der Waals surface area contributed by atoms with Gasteiger partial charge in [-0.1, -0.05) is 6.07 Å². The Morgan fingerprint density at radius 3 is 2.65 bits per heavy atom. The molecule has 0 radical (unpaired) electrons. The van der Waals surface area contributed by atoms with Gasteiger partial charge in [-0.2, -0.15) is 0 Å². The molecule has 0 saturated carbocycles. The second-order valence-electron chi connectivity index (χ2n) is 4.45. The average Bonchev–Trinajstić information content (AvgIpc) is 2.30. The number of carbonyl (C=O) groups is 1. The molecular weight excluding hydrogens is 216 g/mol. The first-order valence-corrected chi connectivity index (χ1v) is 5.66. The molecule has 1 aromatic rings. The van der Waals surface area contributed by atoms with E-state index in [4.69, 9.17) is 10.8 Å². The van der Waals surface area contributed by atoms with Gasteiger partial charge in [-0.3, -0.25) is 9.69 Å². The molecule has 0 aromatic heterocycles. The Morgan fingerprint density at radius 1 is 1.53 bits per heavy atom. The molecule has 0 aliphatic carbocycles. The SMILES string of the molecule is Cc1cc(C(N)=O)ccc1CN(C)C(C)CO. The van der Waals surface area contributed by atoms with E-state index < -0.39 is 5.91 Å². The molecule has 1 aromatic carbocycles. The number of aryl methyl sites for hydroxylation is 1. The van der Waals surface area contributed by atoms with Crippen molar-refractivity contribution in [1.29, 1.82) is 0 Å². The molecule has 1 rings (SSSR count). The second kappa shape index (κ2) is 5.80. The summed E-state index contributed by atoms with van der Waals surface area (Å²) in [4.78, 5) is 13.1. The van der Waals surface area contributed by atoms with Crippen LogP contribution in [0.5, 0.6) is 0 Å². The lowest BCUT2D eigenvalue weighted by atomic mass is 10.0. The number of rotatable bonds is 5. The Kier molecular flexibility index (Phi) is 4.66. The Bertz CT molecular complexity index is 404. The summed E-state index contributed by atoms with van der Waals surface area (Å²) in [6.45, 7) is 4.80. The maximum Gasteiger partial charge on any atom is 0.248 e. The molecule has 0 bridgehead atoms. The van der Waals surface area contributed by atoms with Gasteiger partial charge in [0.1, 0.15) is 0 Å². The summed E-state index contributed by atoms with van der Waals surface area (Å²) < 4.78 is 0. The van der Waals surface area contributed by atoms with Crippen LogP contribution in [0.2, 0.25) is 0 Å². The molecule has 0 saturated heterocycles. The quantitative estimate of drug-likeness (QED) is 0.798. The van der Waals surface area contributed by atoms with E-state index in [2.05, 4.69) is 4.90 Å². The van der Waals surface area contributed by atoms with Crippen LogP contribution in [0.4, 0.5) is 0 Å². The molecule has 1 unspecified atom stereocenters. The van der Waals surface area contributed by atoms with Crippen LogP contribution in [0, 0.1) is 6.92 Å². The van der Waals surface area contributed by atoms with E-state index in [1.165, 1.54) is 0 Å². The number of hydrogen-bond donors (Lipinski definition) is 2. The van der Waals surface area contributed by atoms with Gasteiger partial charge in [0.05, 0.1) is 6.61 Å². The summed E-state index contributed by atoms with van der Waals surface area (Å²) in [5, 5.41) is 9.07. The Balaban J connectivity index is 2.82. The summed E-state index contributed by atoms with van der Waals surface area (Å²) >= 11 is 0. The highest BCUT2D eigenvalue weighted by atomic mass is 16.3. The van der Waals surface area contributed by atoms with Crippen molar-refractivity contribution in [2.24, 2.45) is 5.73 Å². The molecular formula is C13H20N2O2. The first-order valence-electron chi connectivity index (χ1n) is 5.66. The number of amides is 1. The smallest absolute Gasteiger partial charge is 0.248 e. The number of nitrogens with zero attached hydrogens (tertiary/aromatic N) is 1. The number of aliphatic hydroxyl groups is 1. The van der Waals surface area contributed by atoms with E-state index in [1.54, 1.807) is 12.1 Å². The van der Waals surface area contributed by atoms with Gasteiger partial charge in [-0.05, 0) is 44.2 Å². The van der Waals surface area contributed by atoms with Crippen molar-refractivity contribution in [3.8, 4) is 0 Å². The van der Waals surface area contributed by atoms with Gasteiger partial charge in [-0.25, -0.2) is 0 Å². The molecule has 94 valence electrons. The third-order valence-corrected chi connectivity index (χ3v) is 3.06. The van der Waals surface area contributed by atoms with Crippen LogP contribution in [0.3, 0.4) is 0 Å². The fourth-order valence-corrected chi connectivity index (χ4v) is 1.59. The normalized spacial score (nSPS) is 12.8. The molecule has 0 aliphatic rings. The number of carbonyl (C=O) groups excluding carboxylic acids is 1. The molecule has 0 aliphatic heterocycles.